The molecule has 0 saturated carbocycles. The van der Waals surface area contributed by atoms with Crippen molar-refractivity contribution in [3.8, 4) is 0 Å². The number of rotatable bonds is 10. The van der Waals surface area contributed by atoms with Crippen LogP contribution in [0.25, 0.3) is 0 Å². The van der Waals surface area contributed by atoms with Crippen molar-refractivity contribution in [3.05, 3.63) is 94.8 Å². The summed E-state index contributed by atoms with van der Waals surface area (Å²) in [6, 6.07) is 20.9. The molecule has 1 aromatic heterocycles. The highest BCUT2D eigenvalue weighted by molar-refractivity contribution is 5.89. The van der Waals surface area contributed by atoms with E-state index in [0.717, 1.165) is 26.2 Å². The normalized spacial score (nSPS) is 12.2. The number of ether oxygens (including phenoxy) is 1. The number of aryl methyl sites for hydroxylation is 1. The third-order valence-corrected chi connectivity index (χ3v) is 5.67. The van der Waals surface area contributed by atoms with Gasteiger partial charge in [0.1, 0.15) is 13.1 Å². The molecule has 4 nitrogen and oxygen atoms in total. The molecule has 31 heavy (non-hydrogen) atoms. The minimum absolute atomic E-state index is 0.280. The fourth-order valence-corrected chi connectivity index (χ4v) is 3.97. The number of methoxy groups -OCH3 is 1. The van der Waals surface area contributed by atoms with Gasteiger partial charge >= 0.3 is 5.97 Å². The minimum Gasteiger partial charge on any atom is -0.465 e. The van der Waals surface area contributed by atoms with E-state index in [1.807, 2.05) is 18.2 Å². The van der Waals surface area contributed by atoms with Gasteiger partial charge in [-0.15, -0.1) is 0 Å². The van der Waals surface area contributed by atoms with E-state index in [-0.39, 0.29) is 5.97 Å². The fourth-order valence-electron chi connectivity index (χ4n) is 3.97. The smallest absolute Gasteiger partial charge is 0.337 e. The highest BCUT2D eigenvalue weighted by Crippen LogP contribution is 2.10. The van der Waals surface area contributed by atoms with Crippen molar-refractivity contribution in [3.63, 3.8) is 0 Å². The van der Waals surface area contributed by atoms with Gasteiger partial charge in [-0.3, -0.25) is 0 Å². The zero-order valence-electron chi connectivity index (χ0n) is 19.2. The Labute approximate surface area is 186 Å². The van der Waals surface area contributed by atoms with E-state index >= 15 is 0 Å². The average Bonchev–Trinajstić information content (AvgIpc) is 3.18. The summed E-state index contributed by atoms with van der Waals surface area (Å²) >= 11 is 0. The molecule has 0 amide bonds. The molecule has 0 spiro atoms. The van der Waals surface area contributed by atoms with Crippen LogP contribution in [-0.4, -0.2) is 24.2 Å². The molecule has 1 atom stereocenters. The molecule has 1 unspecified atom stereocenters. The van der Waals surface area contributed by atoms with E-state index in [0.29, 0.717) is 11.5 Å². The van der Waals surface area contributed by atoms with Gasteiger partial charge in [-0.05, 0) is 49.1 Å². The third kappa shape index (κ3) is 6.83. The summed E-state index contributed by atoms with van der Waals surface area (Å²) in [5.74, 6) is 0.382. The predicted octanol–water partition coefficient (Wildman–Crippen LogP) is 4.26. The maximum atomic E-state index is 11.9. The monoisotopic (exact) mass is 419 g/mol. The summed E-state index contributed by atoms with van der Waals surface area (Å²) in [5.41, 5.74) is 5.74. The zero-order chi connectivity index (χ0) is 22.2. The Kier molecular flexibility index (Phi) is 8.07. The largest absolute Gasteiger partial charge is 0.465 e. The lowest BCUT2D eigenvalue weighted by atomic mass is 10.1. The number of carbonyl (C=O) groups is 1. The first-order chi connectivity index (χ1) is 14.9. The Morgan fingerprint density at radius 3 is 2.52 bits per heavy atom. The molecule has 1 heterocycles. The van der Waals surface area contributed by atoms with Gasteiger partial charge < -0.3 is 14.2 Å². The molecule has 0 fully saturated rings. The van der Waals surface area contributed by atoms with Gasteiger partial charge in [0.25, 0.3) is 0 Å². The van der Waals surface area contributed by atoms with Gasteiger partial charge in [-0.25, -0.2) is 4.79 Å². The molecular formula is C27H35N2O2+. The second-order valence-corrected chi connectivity index (χ2v) is 8.84. The third-order valence-electron chi connectivity index (χ3n) is 5.67. The van der Waals surface area contributed by atoms with Crippen LogP contribution >= 0.6 is 0 Å². The zero-order valence-corrected chi connectivity index (χ0v) is 19.2. The molecule has 0 radical (unpaired) electrons. The van der Waals surface area contributed by atoms with Gasteiger partial charge in [-0.2, -0.15) is 0 Å². The molecule has 0 bridgehead atoms. The number of aromatic nitrogens is 1. The lowest BCUT2D eigenvalue weighted by molar-refractivity contribution is -0.928. The van der Waals surface area contributed by atoms with Gasteiger partial charge in [0.2, 0.25) is 0 Å². The van der Waals surface area contributed by atoms with Crippen molar-refractivity contribution >= 4 is 5.97 Å². The van der Waals surface area contributed by atoms with Crippen LogP contribution in [0.4, 0.5) is 0 Å². The minimum atomic E-state index is -0.280. The molecule has 4 heteroatoms. The Hall–Kier alpha value is -2.85. The molecule has 0 aliphatic heterocycles. The standard InChI is InChI=1S/C27H34N2O2/c1-21(2)13-15-28(18-24-10-6-11-25(17-24)27(30)31-4)20-26-12-7-14-29(26)19-23-9-5-8-22(3)16-23/h5-12,14,16-17,21H,13,15,18-20H2,1-4H3/p+1. The van der Waals surface area contributed by atoms with Crippen LogP contribution < -0.4 is 4.90 Å². The van der Waals surface area contributed by atoms with Gasteiger partial charge in [0, 0.05) is 18.3 Å². The molecule has 164 valence electrons. The number of hydrogen-bond acceptors (Lipinski definition) is 2. The number of benzene rings is 2. The number of carbonyl (C=O) groups excluding carboxylic acids is 1. The maximum absolute atomic E-state index is 11.9. The van der Waals surface area contributed by atoms with Gasteiger partial charge in [0.05, 0.1) is 24.9 Å². The van der Waals surface area contributed by atoms with E-state index in [4.69, 9.17) is 4.74 Å². The molecule has 2 aromatic carbocycles. The molecule has 0 saturated heterocycles. The number of hydrogen-bond donors (Lipinski definition) is 1. The fraction of sp³-hybridized carbons (Fsp3) is 0.370. The first-order valence-corrected chi connectivity index (χ1v) is 11.1. The quantitative estimate of drug-likeness (QED) is 0.499. The molecular weight excluding hydrogens is 384 g/mol. The summed E-state index contributed by atoms with van der Waals surface area (Å²) in [6.45, 7) is 10.5. The number of nitrogens with one attached hydrogen (secondary N) is 1. The van der Waals surface area contributed by atoms with Crippen LogP contribution in [0.1, 0.15) is 53.0 Å². The van der Waals surface area contributed by atoms with E-state index in [1.165, 1.54) is 40.8 Å². The Bertz CT molecular complexity index is 990. The highest BCUT2D eigenvalue weighted by atomic mass is 16.5. The van der Waals surface area contributed by atoms with Crippen molar-refractivity contribution in [2.75, 3.05) is 13.7 Å². The molecule has 3 rings (SSSR count). The molecule has 1 N–H and O–H groups in total. The first-order valence-electron chi connectivity index (χ1n) is 11.1. The number of quaternary nitrogens is 1. The summed E-state index contributed by atoms with van der Waals surface area (Å²) in [7, 11) is 1.43. The first kappa shape index (κ1) is 22.8. The summed E-state index contributed by atoms with van der Waals surface area (Å²) in [4.78, 5) is 13.4. The van der Waals surface area contributed by atoms with Crippen LogP contribution in [0.3, 0.4) is 0 Å². The van der Waals surface area contributed by atoms with E-state index in [1.54, 1.807) is 0 Å². The molecule has 0 aliphatic rings. The Morgan fingerprint density at radius 1 is 1.00 bits per heavy atom. The lowest BCUT2D eigenvalue weighted by Gasteiger charge is -2.22. The van der Waals surface area contributed by atoms with E-state index in [9.17, 15) is 4.79 Å². The lowest BCUT2D eigenvalue weighted by Crippen LogP contribution is -3.09. The Balaban J connectivity index is 1.76. The van der Waals surface area contributed by atoms with Crippen LogP contribution in [0.2, 0.25) is 0 Å². The van der Waals surface area contributed by atoms with Crippen molar-refractivity contribution < 1.29 is 14.4 Å². The second-order valence-electron chi connectivity index (χ2n) is 8.84. The van der Waals surface area contributed by atoms with Crippen LogP contribution in [0, 0.1) is 12.8 Å². The second kappa shape index (κ2) is 11.0. The van der Waals surface area contributed by atoms with Crippen molar-refractivity contribution in [2.45, 2.75) is 46.8 Å². The van der Waals surface area contributed by atoms with Gasteiger partial charge in [-0.1, -0.05) is 55.8 Å². The Morgan fingerprint density at radius 2 is 1.77 bits per heavy atom. The average molecular weight is 420 g/mol. The highest BCUT2D eigenvalue weighted by Gasteiger charge is 2.16. The van der Waals surface area contributed by atoms with Crippen LogP contribution in [0.5, 0.6) is 0 Å². The van der Waals surface area contributed by atoms with Crippen molar-refractivity contribution in [2.24, 2.45) is 5.92 Å². The summed E-state index contributed by atoms with van der Waals surface area (Å²) < 4.78 is 7.25. The molecule has 0 aliphatic carbocycles. The van der Waals surface area contributed by atoms with E-state index in [2.05, 4.69) is 74.0 Å². The SMILES string of the molecule is COC(=O)c1cccc(C[NH+](CCC(C)C)Cc2cccn2Cc2cccc(C)c2)c1. The molecule has 3 aromatic rings. The predicted molar refractivity (Wildman–Crippen MR) is 125 cm³/mol. The maximum Gasteiger partial charge on any atom is 0.337 e. The van der Waals surface area contributed by atoms with Crippen molar-refractivity contribution in [1.82, 2.24) is 4.57 Å². The summed E-state index contributed by atoms with van der Waals surface area (Å²) in [6.07, 6.45) is 3.35. The van der Waals surface area contributed by atoms with Gasteiger partial charge in [0.15, 0.2) is 0 Å². The number of esters is 1. The van der Waals surface area contributed by atoms with E-state index < -0.39 is 0 Å². The van der Waals surface area contributed by atoms with Crippen molar-refractivity contribution in [1.29, 1.82) is 0 Å². The topological polar surface area (TPSA) is 35.7 Å². The van der Waals surface area contributed by atoms with Crippen LogP contribution in [-0.2, 0) is 24.4 Å². The summed E-state index contributed by atoms with van der Waals surface area (Å²) in [5, 5.41) is 0. The number of nitrogens with zero attached hydrogens (tertiary/aromatic N) is 1. The van der Waals surface area contributed by atoms with Crippen LogP contribution in [0.15, 0.2) is 66.9 Å².